The molecule has 0 radical (unpaired) electrons. The van der Waals surface area contributed by atoms with Crippen LogP contribution < -0.4 is 0 Å². The molecule has 0 aromatic heterocycles. The minimum atomic E-state index is -1.54. The van der Waals surface area contributed by atoms with Gasteiger partial charge in [0, 0.05) is 0 Å². The molecule has 0 bridgehead atoms. The van der Waals surface area contributed by atoms with Crippen molar-refractivity contribution in [1.82, 2.24) is 0 Å². The Kier molecular flexibility index (Phi) is 5.21. The number of esters is 1. The van der Waals surface area contributed by atoms with E-state index in [1.54, 1.807) is 13.8 Å². The number of aliphatic hydroxyl groups is 2. The predicted octanol–water partition coefficient (Wildman–Crippen LogP) is 0.0748. The van der Waals surface area contributed by atoms with Gasteiger partial charge in [-0.25, -0.2) is 4.79 Å². The third-order valence-corrected chi connectivity index (χ3v) is 2.25. The summed E-state index contributed by atoms with van der Waals surface area (Å²) in [5, 5.41) is 19.2. The van der Waals surface area contributed by atoms with E-state index < -0.39 is 17.7 Å². The topological polar surface area (TPSA) is 66.8 Å². The van der Waals surface area contributed by atoms with Crippen LogP contribution in [0, 0.1) is 12.3 Å². The SMILES string of the molecule is C#CCOC(=O)C(O)C(O)(CC)CC. The summed E-state index contributed by atoms with van der Waals surface area (Å²) in [4.78, 5) is 11.1. The van der Waals surface area contributed by atoms with Crippen LogP contribution in [-0.4, -0.2) is 34.5 Å². The molecule has 4 nitrogen and oxygen atoms in total. The van der Waals surface area contributed by atoms with Crippen LogP contribution in [0.1, 0.15) is 26.7 Å². The summed E-state index contributed by atoms with van der Waals surface area (Å²) < 4.78 is 4.52. The normalized spacial score (nSPS) is 13.1. The second-order valence-electron chi connectivity index (χ2n) is 3.03. The van der Waals surface area contributed by atoms with Crippen molar-refractivity contribution in [2.45, 2.75) is 38.4 Å². The van der Waals surface area contributed by atoms with Crippen molar-refractivity contribution >= 4 is 5.97 Å². The van der Waals surface area contributed by atoms with E-state index in [4.69, 9.17) is 6.42 Å². The zero-order valence-corrected chi connectivity index (χ0v) is 8.49. The van der Waals surface area contributed by atoms with E-state index in [0.29, 0.717) is 0 Å². The van der Waals surface area contributed by atoms with E-state index >= 15 is 0 Å². The molecule has 0 saturated carbocycles. The molecule has 0 rings (SSSR count). The smallest absolute Gasteiger partial charge is 0.338 e. The number of ether oxygens (including phenoxy) is 1. The van der Waals surface area contributed by atoms with Crippen LogP contribution in [0.5, 0.6) is 0 Å². The van der Waals surface area contributed by atoms with Crippen molar-refractivity contribution in [3.63, 3.8) is 0 Å². The van der Waals surface area contributed by atoms with Crippen molar-refractivity contribution in [2.75, 3.05) is 6.61 Å². The fourth-order valence-electron chi connectivity index (χ4n) is 1.05. The molecule has 1 atom stereocenters. The van der Waals surface area contributed by atoms with Crippen LogP contribution in [0.3, 0.4) is 0 Å². The number of carbonyl (C=O) groups is 1. The maximum absolute atomic E-state index is 11.1. The van der Waals surface area contributed by atoms with Gasteiger partial charge in [0.15, 0.2) is 12.7 Å². The zero-order valence-electron chi connectivity index (χ0n) is 8.49. The van der Waals surface area contributed by atoms with Gasteiger partial charge in [-0.1, -0.05) is 19.8 Å². The number of hydrogen-bond acceptors (Lipinski definition) is 4. The van der Waals surface area contributed by atoms with E-state index in [-0.39, 0.29) is 19.4 Å². The van der Waals surface area contributed by atoms with Gasteiger partial charge in [0.2, 0.25) is 0 Å². The lowest BCUT2D eigenvalue weighted by Crippen LogP contribution is -2.47. The maximum Gasteiger partial charge on any atom is 0.338 e. The Hall–Kier alpha value is -1.05. The Labute approximate surface area is 83.9 Å². The lowest BCUT2D eigenvalue weighted by molar-refractivity contribution is -0.169. The van der Waals surface area contributed by atoms with Gasteiger partial charge in [-0.05, 0) is 12.8 Å². The van der Waals surface area contributed by atoms with Gasteiger partial charge >= 0.3 is 5.97 Å². The van der Waals surface area contributed by atoms with Gasteiger partial charge < -0.3 is 14.9 Å². The molecule has 0 aromatic carbocycles. The van der Waals surface area contributed by atoms with Crippen LogP contribution in [0.15, 0.2) is 0 Å². The first-order chi connectivity index (χ1) is 6.51. The summed E-state index contributed by atoms with van der Waals surface area (Å²) in [5.74, 6) is 1.22. The first-order valence-electron chi connectivity index (χ1n) is 4.52. The van der Waals surface area contributed by atoms with Gasteiger partial charge in [0.25, 0.3) is 0 Å². The molecular weight excluding hydrogens is 184 g/mol. The van der Waals surface area contributed by atoms with Crippen molar-refractivity contribution in [2.24, 2.45) is 0 Å². The average Bonchev–Trinajstić information content (AvgIpc) is 2.23. The van der Waals surface area contributed by atoms with Gasteiger partial charge in [-0.15, -0.1) is 6.42 Å². The molecule has 0 saturated heterocycles. The maximum atomic E-state index is 11.1. The first-order valence-corrected chi connectivity index (χ1v) is 4.52. The number of rotatable bonds is 5. The lowest BCUT2D eigenvalue weighted by Gasteiger charge is -2.28. The molecule has 0 aromatic rings. The second-order valence-corrected chi connectivity index (χ2v) is 3.03. The van der Waals surface area contributed by atoms with Crippen LogP contribution in [0.4, 0.5) is 0 Å². The number of carbonyl (C=O) groups excluding carboxylic acids is 1. The predicted molar refractivity (Wildman–Crippen MR) is 51.3 cm³/mol. The highest BCUT2D eigenvalue weighted by Crippen LogP contribution is 2.20. The Balaban J connectivity index is 4.36. The van der Waals surface area contributed by atoms with Gasteiger partial charge in [0.05, 0.1) is 0 Å². The minimum Gasteiger partial charge on any atom is -0.451 e. The number of hydrogen-bond donors (Lipinski definition) is 2. The molecule has 80 valence electrons. The number of aliphatic hydroxyl groups excluding tert-OH is 1. The summed E-state index contributed by atoms with van der Waals surface area (Å²) in [6.45, 7) is 3.17. The molecule has 0 amide bonds. The first kappa shape index (κ1) is 12.9. The fraction of sp³-hybridized carbons (Fsp3) is 0.700. The Bertz CT molecular complexity index is 225. The Morgan fingerprint density at radius 1 is 1.57 bits per heavy atom. The van der Waals surface area contributed by atoms with Crippen LogP contribution >= 0.6 is 0 Å². The second kappa shape index (κ2) is 5.63. The molecule has 0 aliphatic carbocycles. The summed E-state index contributed by atoms with van der Waals surface area (Å²) in [7, 11) is 0. The van der Waals surface area contributed by atoms with E-state index in [0.717, 1.165) is 0 Å². The standard InChI is InChI=1S/C10H16O4/c1-4-7-14-9(12)8(11)10(13,5-2)6-3/h1,8,11,13H,5-7H2,2-3H3. The van der Waals surface area contributed by atoms with Crippen LogP contribution in [-0.2, 0) is 9.53 Å². The third kappa shape index (κ3) is 3.02. The van der Waals surface area contributed by atoms with Crippen LogP contribution in [0.2, 0.25) is 0 Å². The molecule has 4 heteroatoms. The minimum absolute atomic E-state index is 0.195. The van der Waals surface area contributed by atoms with E-state index in [1.165, 1.54) is 0 Å². The Morgan fingerprint density at radius 3 is 2.43 bits per heavy atom. The monoisotopic (exact) mass is 200 g/mol. The molecule has 2 N–H and O–H groups in total. The lowest BCUT2D eigenvalue weighted by atomic mass is 9.91. The van der Waals surface area contributed by atoms with E-state index in [9.17, 15) is 15.0 Å². The zero-order chi connectivity index (χ0) is 11.2. The highest BCUT2D eigenvalue weighted by molar-refractivity contribution is 5.76. The van der Waals surface area contributed by atoms with Gasteiger partial charge in [0.1, 0.15) is 5.60 Å². The summed E-state index contributed by atoms with van der Waals surface area (Å²) in [5.41, 5.74) is -1.42. The van der Waals surface area contributed by atoms with Crippen molar-refractivity contribution in [3.8, 4) is 12.3 Å². The molecule has 0 aliphatic heterocycles. The van der Waals surface area contributed by atoms with E-state index in [1.807, 2.05) is 0 Å². The molecular formula is C10H16O4. The summed E-state index contributed by atoms with van der Waals surface area (Å²) in [6.07, 6.45) is 3.89. The Morgan fingerprint density at radius 2 is 2.07 bits per heavy atom. The fourth-order valence-corrected chi connectivity index (χ4v) is 1.05. The van der Waals surface area contributed by atoms with Crippen molar-refractivity contribution in [3.05, 3.63) is 0 Å². The largest absolute Gasteiger partial charge is 0.451 e. The molecule has 0 fully saturated rings. The van der Waals surface area contributed by atoms with Crippen LogP contribution in [0.25, 0.3) is 0 Å². The molecule has 1 unspecified atom stereocenters. The van der Waals surface area contributed by atoms with Crippen molar-refractivity contribution in [1.29, 1.82) is 0 Å². The molecule has 14 heavy (non-hydrogen) atoms. The number of terminal acetylenes is 1. The third-order valence-electron chi connectivity index (χ3n) is 2.25. The quantitative estimate of drug-likeness (QED) is 0.487. The molecule has 0 heterocycles. The van der Waals surface area contributed by atoms with E-state index in [2.05, 4.69) is 10.7 Å². The summed E-state index contributed by atoms with van der Waals surface area (Å²) >= 11 is 0. The van der Waals surface area contributed by atoms with Gasteiger partial charge in [-0.2, -0.15) is 0 Å². The summed E-state index contributed by atoms with van der Waals surface area (Å²) in [6, 6.07) is 0. The highest BCUT2D eigenvalue weighted by atomic mass is 16.5. The van der Waals surface area contributed by atoms with Gasteiger partial charge in [-0.3, -0.25) is 0 Å². The molecule has 0 aliphatic rings. The highest BCUT2D eigenvalue weighted by Gasteiger charge is 2.38. The average molecular weight is 200 g/mol. The van der Waals surface area contributed by atoms with Crippen molar-refractivity contribution < 1.29 is 19.7 Å². The molecule has 0 spiro atoms.